The van der Waals surface area contributed by atoms with Gasteiger partial charge in [-0.1, -0.05) is 18.2 Å². The Kier molecular flexibility index (Phi) is 3.53. The molecule has 0 aliphatic heterocycles. The van der Waals surface area contributed by atoms with E-state index in [1.807, 2.05) is 25.1 Å². The first-order chi connectivity index (χ1) is 6.22. The molecule has 0 aliphatic carbocycles. The molecule has 0 fully saturated rings. The summed E-state index contributed by atoms with van der Waals surface area (Å²) in [5.41, 5.74) is 7.43. The Morgan fingerprint density at radius 3 is 2.77 bits per heavy atom. The van der Waals surface area contributed by atoms with Crippen LogP contribution in [0.2, 0.25) is 0 Å². The fourth-order valence-electron chi connectivity index (χ4n) is 1.20. The number of nitrogens with two attached hydrogens (primary N) is 1. The highest BCUT2D eigenvalue weighted by Crippen LogP contribution is 2.16. The van der Waals surface area contributed by atoms with E-state index in [1.165, 1.54) is 0 Å². The monoisotopic (exact) mass is 177 g/mol. The minimum atomic E-state index is 0.312. The molecular formula is C11H15NO. The summed E-state index contributed by atoms with van der Waals surface area (Å²) in [5.74, 6) is 0.312. The van der Waals surface area contributed by atoms with Gasteiger partial charge < -0.3 is 10.8 Å². The Balaban J connectivity index is 2.77. The van der Waals surface area contributed by atoms with Crippen LogP contribution in [-0.2, 0) is 0 Å². The second-order valence-electron chi connectivity index (χ2n) is 3.08. The zero-order valence-corrected chi connectivity index (χ0v) is 7.83. The predicted molar refractivity (Wildman–Crippen MR) is 55.5 cm³/mol. The molecular weight excluding hydrogens is 162 g/mol. The minimum absolute atomic E-state index is 0.312. The lowest BCUT2D eigenvalue weighted by molar-refractivity contribution is 0.475. The molecule has 2 nitrogen and oxygen atoms in total. The average molecular weight is 177 g/mol. The quantitative estimate of drug-likeness (QED) is 0.742. The molecule has 0 saturated heterocycles. The zero-order chi connectivity index (χ0) is 9.68. The summed E-state index contributed by atoms with van der Waals surface area (Å²) in [6.45, 7) is 2.62. The number of benzene rings is 1. The molecule has 0 unspecified atom stereocenters. The standard InChI is InChI=1S/C11H15NO/c1-9-6-10(4-2-3-5-12)8-11(13)7-9/h2,4,6-8,13H,3,5,12H2,1H3. The van der Waals surface area contributed by atoms with Crippen molar-refractivity contribution < 1.29 is 5.11 Å². The Labute approximate surface area is 78.7 Å². The molecule has 0 amide bonds. The van der Waals surface area contributed by atoms with E-state index in [4.69, 9.17) is 5.73 Å². The number of aromatic hydroxyl groups is 1. The highest BCUT2D eigenvalue weighted by Gasteiger charge is 1.92. The Morgan fingerprint density at radius 1 is 1.38 bits per heavy atom. The van der Waals surface area contributed by atoms with Crippen LogP contribution in [0.4, 0.5) is 0 Å². The molecule has 13 heavy (non-hydrogen) atoms. The van der Waals surface area contributed by atoms with Crippen LogP contribution in [0.1, 0.15) is 17.5 Å². The predicted octanol–water partition coefficient (Wildman–Crippen LogP) is 2.06. The van der Waals surface area contributed by atoms with Gasteiger partial charge in [-0.25, -0.2) is 0 Å². The van der Waals surface area contributed by atoms with Crippen molar-refractivity contribution in [3.8, 4) is 5.75 Å². The van der Waals surface area contributed by atoms with Crippen molar-refractivity contribution in [2.24, 2.45) is 5.73 Å². The van der Waals surface area contributed by atoms with Crippen molar-refractivity contribution in [2.75, 3.05) is 6.54 Å². The Morgan fingerprint density at radius 2 is 2.15 bits per heavy atom. The molecule has 0 radical (unpaired) electrons. The third-order valence-electron chi connectivity index (χ3n) is 1.73. The maximum absolute atomic E-state index is 9.29. The van der Waals surface area contributed by atoms with E-state index >= 15 is 0 Å². The molecule has 0 spiro atoms. The van der Waals surface area contributed by atoms with Gasteiger partial charge in [-0.15, -0.1) is 0 Å². The third-order valence-corrected chi connectivity index (χ3v) is 1.73. The SMILES string of the molecule is Cc1cc(O)cc(C=CCCN)c1. The summed E-state index contributed by atoms with van der Waals surface area (Å²) in [6.07, 6.45) is 4.85. The fourth-order valence-corrected chi connectivity index (χ4v) is 1.20. The van der Waals surface area contributed by atoms with Gasteiger partial charge in [0.25, 0.3) is 0 Å². The van der Waals surface area contributed by atoms with Crippen LogP contribution in [-0.4, -0.2) is 11.7 Å². The van der Waals surface area contributed by atoms with Crippen LogP contribution in [0.3, 0.4) is 0 Å². The van der Waals surface area contributed by atoms with Crippen molar-refractivity contribution >= 4 is 6.08 Å². The summed E-state index contributed by atoms with van der Waals surface area (Å²) in [5, 5.41) is 9.29. The van der Waals surface area contributed by atoms with Gasteiger partial charge in [0.05, 0.1) is 0 Å². The summed E-state index contributed by atoms with van der Waals surface area (Å²) in [7, 11) is 0. The summed E-state index contributed by atoms with van der Waals surface area (Å²) in [6, 6.07) is 5.49. The van der Waals surface area contributed by atoms with Gasteiger partial charge in [-0.2, -0.15) is 0 Å². The fraction of sp³-hybridized carbons (Fsp3) is 0.273. The van der Waals surface area contributed by atoms with Crippen LogP contribution in [0.5, 0.6) is 5.75 Å². The number of phenolic OH excluding ortho intramolecular Hbond substituents is 1. The van der Waals surface area contributed by atoms with Crippen LogP contribution >= 0.6 is 0 Å². The first kappa shape index (κ1) is 9.81. The van der Waals surface area contributed by atoms with Gasteiger partial charge in [0, 0.05) is 0 Å². The minimum Gasteiger partial charge on any atom is -0.508 e. The lowest BCUT2D eigenvalue weighted by Gasteiger charge is -1.98. The molecule has 0 atom stereocenters. The molecule has 1 aromatic carbocycles. The molecule has 70 valence electrons. The van der Waals surface area contributed by atoms with E-state index in [0.29, 0.717) is 12.3 Å². The van der Waals surface area contributed by atoms with E-state index < -0.39 is 0 Å². The summed E-state index contributed by atoms with van der Waals surface area (Å²) in [4.78, 5) is 0. The normalized spacial score (nSPS) is 10.9. The third kappa shape index (κ3) is 3.30. The first-order valence-electron chi connectivity index (χ1n) is 4.39. The van der Waals surface area contributed by atoms with E-state index in [-0.39, 0.29) is 0 Å². The van der Waals surface area contributed by atoms with Gasteiger partial charge in [0.2, 0.25) is 0 Å². The van der Waals surface area contributed by atoms with Gasteiger partial charge in [0.1, 0.15) is 5.75 Å². The van der Waals surface area contributed by atoms with Gasteiger partial charge >= 0.3 is 0 Å². The van der Waals surface area contributed by atoms with Crippen molar-refractivity contribution in [3.63, 3.8) is 0 Å². The van der Waals surface area contributed by atoms with Crippen molar-refractivity contribution in [3.05, 3.63) is 35.4 Å². The zero-order valence-electron chi connectivity index (χ0n) is 7.83. The Hall–Kier alpha value is -1.28. The number of aryl methyl sites for hydroxylation is 1. The van der Waals surface area contributed by atoms with Crippen LogP contribution < -0.4 is 5.73 Å². The van der Waals surface area contributed by atoms with Crippen molar-refractivity contribution in [2.45, 2.75) is 13.3 Å². The maximum atomic E-state index is 9.29. The number of phenols is 1. The first-order valence-corrected chi connectivity index (χ1v) is 4.39. The second-order valence-corrected chi connectivity index (χ2v) is 3.08. The molecule has 1 aromatic rings. The smallest absolute Gasteiger partial charge is 0.116 e. The number of hydrogen-bond donors (Lipinski definition) is 2. The van der Waals surface area contributed by atoms with Gasteiger partial charge in [-0.3, -0.25) is 0 Å². The average Bonchev–Trinajstić information content (AvgIpc) is 2.03. The lowest BCUT2D eigenvalue weighted by Crippen LogP contribution is -1.94. The number of hydrogen-bond acceptors (Lipinski definition) is 2. The van der Waals surface area contributed by atoms with Crippen molar-refractivity contribution in [1.29, 1.82) is 0 Å². The number of rotatable bonds is 3. The second kappa shape index (κ2) is 4.67. The molecule has 1 rings (SSSR count). The van der Waals surface area contributed by atoms with E-state index in [1.54, 1.807) is 12.1 Å². The topological polar surface area (TPSA) is 46.2 Å². The molecule has 0 aliphatic rings. The van der Waals surface area contributed by atoms with Gasteiger partial charge in [-0.05, 0) is 43.1 Å². The molecule has 0 aromatic heterocycles. The molecule has 0 heterocycles. The van der Waals surface area contributed by atoms with Crippen LogP contribution in [0.25, 0.3) is 6.08 Å². The van der Waals surface area contributed by atoms with E-state index in [0.717, 1.165) is 17.5 Å². The van der Waals surface area contributed by atoms with Crippen LogP contribution in [0.15, 0.2) is 24.3 Å². The summed E-state index contributed by atoms with van der Waals surface area (Å²) < 4.78 is 0. The highest BCUT2D eigenvalue weighted by molar-refractivity contribution is 5.53. The molecule has 0 bridgehead atoms. The van der Waals surface area contributed by atoms with E-state index in [2.05, 4.69) is 0 Å². The largest absolute Gasteiger partial charge is 0.508 e. The molecule has 0 saturated carbocycles. The highest BCUT2D eigenvalue weighted by atomic mass is 16.3. The summed E-state index contributed by atoms with van der Waals surface area (Å²) >= 11 is 0. The van der Waals surface area contributed by atoms with Crippen LogP contribution in [0, 0.1) is 6.92 Å². The van der Waals surface area contributed by atoms with Crippen molar-refractivity contribution in [1.82, 2.24) is 0 Å². The maximum Gasteiger partial charge on any atom is 0.116 e. The molecule has 2 heteroatoms. The van der Waals surface area contributed by atoms with Gasteiger partial charge in [0.15, 0.2) is 0 Å². The Bertz CT molecular complexity index is 285. The molecule has 3 N–H and O–H groups in total. The lowest BCUT2D eigenvalue weighted by atomic mass is 10.1. The van der Waals surface area contributed by atoms with E-state index in [9.17, 15) is 5.11 Å².